The molecule has 2 N–H and O–H groups in total. The van der Waals surface area contributed by atoms with Gasteiger partial charge < -0.3 is 15.5 Å². The standard InChI is InChI=1S/C24H31N3O3/c1-16(2)22(25-20(28)14-19-12-7-6-8-13-19)24(30)27(5)15-21(29)26-23-17(3)10-9-11-18(23)4/h6-13,16,22H,14-15H2,1-5H3,(H,25,28)(H,26,29). The summed E-state index contributed by atoms with van der Waals surface area (Å²) in [6.45, 7) is 7.50. The highest BCUT2D eigenvalue weighted by Crippen LogP contribution is 2.19. The summed E-state index contributed by atoms with van der Waals surface area (Å²) >= 11 is 0. The number of hydrogen-bond donors (Lipinski definition) is 2. The van der Waals surface area contributed by atoms with Gasteiger partial charge >= 0.3 is 0 Å². The number of carbonyl (C=O) groups excluding carboxylic acids is 3. The maximum atomic E-state index is 12.9. The molecule has 2 rings (SSSR count). The molecular formula is C24H31N3O3. The van der Waals surface area contributed by atoms with Gasteiger partial charge in [0, 0.05) is 12.7 Å². The van der Waals surface area contributed by atoms with E-state index in [2.05, 4.69) is 10.6 Å². The first-order valence-electron chi connectivity index (χ1n) is 10.1. The second-order valence-corrected chi connectivity index (χ2v) is 7.96. The third-order valence-electron chi connectivity index (χ3n) is 4.96. The zero-order chi connectivity index (χ0) is 22.3. The van der Waals surface area contributed by atoms with Crippen molar-refractivity contribution in [3.63, 3.8) is 0 Å². The van der Waals surface area contributed by atoms with Crippen molar-refractivity contribution in [3.05, 3.63) is 65.2 Å². The Morgan fingerprint density at radius 2 is 1.50 bits per heavy atom. The number of amides is 3. The van der Waals surface area contributed by atoms with Crippen molar-refractivity contribution >= 4 is 23.4 Å². The first-order valence-corrected chi connectivity index (χ1v) is 10.1. The summed E-state index contributed by atoms with van der Waals surface area (Å²) < 4.78 is 0. The molecule has 2 aromatic rings. The van der Waals surface area contributed by atoms with Crippen molar-refractivity contribution in [3.8, 4) is 0 Å². The quantitative estimate of drug-likeness (QED) is 0.703. The molecule has 1 atom stereocenters. The van der Waals surface area contributed by atoms with Crippen molar-refractivity contribution in [1.29, 1.82) is 0 Å². The lowest BCUT2D eigenvalue weighted by Crippen LogP contribution is -2.51. The lowest BCUT2D eigenvalue weighted by molar-refractivity contribution is -0.138. The number of anilines is 1. The predicted octanol–water partition coefficient (Wildman–Crippen LogP) is 3.08. The monoisotopic (exact) mass is 409 g/mol. The zero-order valence-corrected chi connectivity index (χ0v) is 18.4. The molecule has 160 valence electrons. The van der Waals surface area contributed by atoms with E-state index in [4.69, 9.17) is 0 Å². The van der Waals surface area contributed by atoms with Crippen LogP contribution in [0.15, 0.2) is 48.5 Å². The SMILES string of the molecule is Cc1cccc(C)c1NC(=O)CN(C)C(=O)C(NC(=O)Cc1ccccc1)C(C)C. The summed E-state index contributed by atoms with van der Waals surface area (Å²) in [4.78, 5) is 39.2. The number of benzene rings is 2. The Morgan fingerprint density at radius 3 is 2.07 bits per heavy atom. The second kappa shape index (κ2) is 10.6. The highest BCUT2D eigenvalue weighted by molar-refractivity contribution is 5.97. The van der Waals surface area contributed by atoms with Crippen LogP contribution < -0.4 is 10.6 Å². The maximum absolute atomic E-state index is 12.9. The maximum Gasteiger partial charge on any atom is 0.245 e. The Labute approximate surface area is 178 Å². The first-order chi connectivity index (χ1) is 14.2. The smallest absolute Gasteiger partial charge is 0.245 e. The highest BCUT2D eigenvalue weighted by atomic mass is 16.2. The summed E-state index contributed by atoms with van der Waals surface area (Å²) in [5.41, 5.74) is 3.57. The molecule has 2 aromatic carbocycles. The minimum atomic E-state index is -0.695. The number of carbonyl (C=O) groups is 3. The average Bonchev–Trinajstić information content (AvgIpc) is 2.69. The number of aryl methyl sites for hydroxylation is 2. The molecule has 0 aromatic heterocycles. The number of rotatable bonds is 8. The van der Waals surface area contributed by atoms with Crippen molar-refractivity contribution in [2.24, 2.45) is 5.92 Å². The lowest BCUT2D eigenvalue weighted by atomic mass is 10.0. The van der Waals surface area contributed by atoms with Gasteiger partial charge in [-0.05, 0) is 36.5 Å². The van der Waals surface area contributed by atoms with Crippen molar-refractivity contribution in [1.82, 2.24) is 10.2 Å². The fourth-order valence-corrected chi connectivity index (χ4v) is 3.24. The van der Waals surface area contributed by atoms with E-state index in [0.29, 0.717) is 0 Å². The summed E-state index contributed by atoms with van der Waals surface area (Å²) in [5, 5.41) is 5.71. The Morgan fingerprint density at radius 1 is 0.900 bits per heavy atom. The number of likely N-dealkylation sites (N-methyl/N-ethyl adjacent to an activating group) is 1. The van der Waals surface area contributed by atoms with Crippen LogP contribution in [0.4, 0.5) is 5.69 Å². The normalized spacial score (nSPS) is 11.7. The molecule has 1 unspecified atom stereocenters. The molecule has 30 heavy (non-hydrogen) atoms. The summed E-state index contributed by atoms with van der Waals surface area (Å²) in [6, 6.07) is 14.5. The molecule has 0 aliphatic rings. The van der Waals surface area contributed by atoms with E-state index in [-0.39, 0.29) is 36.6 Å². The molecule has 0 heterocycles. The van der Waals surface area contributed by atoms with Crippen LogP contribution >= 0.6 is 0 Å². The van der Waals surface area contributed by atoms with E-state index < -0.39 is 6.04 Å². The van der Waals surface area contributed by atoms with Gasteiger partial charge in [0.25, 0.3) is 0 Å². The Balaban J connectivity index is 1.98. The van der Waals surface area contributed by atoms with E-state index >= 15 is 0 Å². The van der Waals surface area contributed by atoms with Crippen LogP contribution in [0.2, 0.25) is 0 Å². The third-order valence-corrected chi connectivity index (χ3v) is 4.96. The molecule has 0 radical (unpaired) electrons. The Bertz CT molecular complexity index is 874. The van der Waals surface area contributed by atoms with Crippen LogP contribution in [0.1, 0.15) is 30.5 Å². The largest absolute Gasteiger partial charge is 0.344 e. The molecular weight excluding hydrogens is 378 g/mol. The van der Waals surface area contributed by atoms with Crippen molar-refractivity contribution in [2.45, 2.75) is 40.2 Å². The summed E-state index contributed by atoms with van der Waals surface area (Å²) in [6.07, 6.45) is 0.202. The minimum absolute atomic E-state index is 0.0929. The van der Waals surface area contributed by atoms with Crippen LogP contribution in [0.25, 0.3) is 0 Å². The zero-order valence-electron chi connectivity index (χ0n) is 18.4. The van der Waals surface area contributed by atoms with E-state index in [1.54, 1.807) is 7.05 Å². The fraction of sp³-hybridized carbons (Fsp3) is 0.375. The van der Waals surface area contributed by atoms with Crippen LogP contribution in [0.3, 0.4) is 0 Å². The molecule has 0 aliphatic heterocycles. The van der Waals surface area contributed by atoms with Crippen LogP contribution in [-0.4, -0.2) is 42.3 Å². The second-order valence-electron chi connectivity index (χ2n) is 7.96. The number of nitrogens with one attached hydrogen (secondary N) is 2. The van der Waals surface area contributed by atoms with Gasteiger partial charge in [-0.3, -0.25) is 14.4 Å². The molecule has 6 heteroatoms. The molecule has 3 amide bonds. The van der Waals surface area contributed by atoms with Gasteiger partial charge in [0.2, 0.25) is 17.7 Å². The van der Waals surface area contributed by atoms with Crippen LogP contribution in [0, 0.1) is 19.8 Å². The number of para-hydroxylation sites is 1. The van der Waals surface area contributed by atoms with Crippen molar-refractivity contribution in [2.75, 3.05) is 18.9 Å². The molecule has 0 fully saturated rings. The topological polar surface area (TPSA) is 78.5 Å². The molecule has 6 nitrogen and oxygen atoms in total. The first kappa shape index (κ1) is 23.1. The lowest BCUT2D eigenvalue weighted by Gasteiger charge is -2.27. The molecule has 0 spiro atoms. The van der Waals surface area contributed by atoms with E-state index in [0.717, 1.165) is 22.4 Å². The third kappa shape index (κ3) is 6.44. The fourth-order valence-electron chi connectivity index (χ4n) is 3.24. The minimum Gasteiger partial charge on any atom is -0.344 e. The van der Waals surface area contributed by atoms with Gasteiger partial charge in [-0.15, -0.1) is 0 Å². The van der Waals surface area contributed by atoms with E-state index in [1.807, 2.05) is 76.2 Å². The molecule has 0 saturated heterocycles. The molecule has 0 bridgehead atoms. The van der Waals surface area contributed by atoms with Gasteiger partial charge in [0.1, 0.15) is 6.04 Å². The van der Waals surface area contributed by atoms with Gasteiger partial charge in [-0.1, -0.05) is 62.4 Å². The Hall–Kier alpha value is -3.15. The van der Waals surface area contributed by atoms with E-state index in [1.165, 1.54) is 4.90 Å². The van der Waals surface area contributed by atoms with Crippen molar-refractivity contribution < 1.29 is 14.4 Å². The van der Waals surface area contributed by atoms with Gasteiger partial charge in [0.15, 0.2) is 0 Å². The Kier molecular flexibility index (Phi) is 8.16. The van der Waals surface area contributed by atoms with Gasteiger partial charge in [0.05, 0.1) is 13.0 Å². The molecule has 0 aliphatic carbocycles. The van der Waals surface area contributed by atoms with E-state index in [9.17, 15) is 14.4 Å². The molecule has 0 saturated carbocycles. The van der Waals surface area contributed by atoms with Crippen LogP contribution in [-0.2, 0) is 20.8 Å². The highest BCUT2D eigenvalue weighted by Gasteiger charge is 2.28. The van der Waals surface area contributed by atoms with Gasteiger partial charge in [-0.25, -0.2) is 0 Å². The number of hydrogen-bond acceptors (Lipinski definition) is 3. The average molecular weight is 410 g/mol. The summed E-state index contributed by atoms with van der Waals surface area (Å²) in [5.74, 6) is -0.896. The predicted molar refractivity (Wildman–Crippen MR) is 119 cm³/mol. The summed E-state index contributed by atoms with van der Waals surface area (Å²) in [7, 11) is 1.57. The van der Waals surface area contributed by atoms with Crippen LogP contribution in [0.5, 0.6) is 0 Å². The van der Waals surface area contributed by atoms with Gasteiger partial charge in [-0.2, -0.15) is 0 Å². The number of nitrogens with zero attached hydrogens (tertiary/aromatic N) is 1.